The Balaban J connectivity index is 1.90. The van der Waals surface area contributed by atoms with Crippen molar-refractivity contribution in [1.29, 1.82) is 0 Å². The van der Waals surface area contributed by atoms with Gasteiger partial charge in [-0.15, -0.1) is 0 Å². The molecule has 0 spiro atoms. The SMILES string of the molecule is CCCCC#Cc1cccc(-n2nc(CC)c(C(=O)N3CCCN(CCO)CC3)c2CC)c1. The summed E-state index contributed by atoms with van der Waals surface area (Å²) in [5.74, 6) is 6.61. The second-order valence-electron chi connectivity index (χ2n) is 8.55. The number of hydrogen-bond acceptors (Lipinski definition) is 4. The monoisotopic (exact) mass is 450 g/mol. The van der Waals surface area contributed by atoms with E-state index in [1.54, 1.807) is 0 Å². The van der Waals surface area contributed by atoms with Crippen molar-refractivity contribution in [3.05, 3.63) is 46.8 Å². The van der Waals surface area contributed by atoms with E-state index in [2.05, 4.69) is 43.6 Å². The highest BCUT2D eigenvalue weighted by Crippen LogP contribution is 2.23. The lowest BCUT2D eigenvalue weighted by atomic mass is 10.1. The van der Waals surface area contributed by atoms with Crippen LogP contribution in [0.2, 0.25) is 0 Å². The molecule has 1 aromatic heterocycles. The molecule has 1 fully saturated rings. The zero-order valence-electron chi connectivity index (χ0n) is 20.4. The number of hydrogen-bond donors (Lipinski definition) is 1. The van der Waals surface area contributed by atoms with E-state index in [0.29, 0.717) is 19.5 Å². The number of amides is 1. The van der Waals surface area contributed by atoms with Crippen LogP contribution in [0.3, 0.4) is 0 Å². The lowest BCUT2D eigenvalue weighted by molar-refractivity contribution is 0.0758. The first kappa shape index (κ1) is 25.0. The Labute approximate surface area is 198 Å². The van der Waals surface area contributed by atoms with Gasteiger partial charge in [0.05, 0.1) is 29.2 Å². The number of aliphatic hydroxyl groups excluding tert-OH is 1. The number of β-amino-alcohol motifs (C(OH)–C–C–N with tert-alkyl or cyclic N) is 1. The molecule has 0 aliphatic carbocycles. The Morgan fingerprint density at radius 3 is 2.70 bits per heavy atom. The van der Waals surface area contributed by atoms with Gasteiger partial charge in [-0.1, -0.05) is 45.1 Å². The maximum Gasteiger partial charge on any atom is 0.257 e. The van der Waals surface area contributed by atoms with Crippen LogP contribution in [0.5, 0.6) is 0 Å². The summed E-state index contributed by atoms with van der Waals surface area (Å²) in [6, 6.07) is 8.14. The van der Waals surface area contributed by atoms with Crippen molar-refractivity contribution in [1.82, 2.24) is 19.6 Å². The summed E-state index contributed by atoms with van der Waals surface area (Å²) in [7, 11) is 0. The number of aryl methyl sites for hydroxylation is 1. The molecule has 178 valence electrons. The molecule has 1 aromatic carbocycles. The maximum absolute atomic E-state index is 13.7. The minimum absolute atomic E-state index is 0.0799. The van der Waals surface area contributed by atoms with Crippen LogP contribution in [0.1, 0.15) is 73.8 Å². The van der Waals surface area contributed by atoms with Crippen molar-refractivity contribution in [3.63, 3.8) is 0 Å². The zero-order valence-corrected chi connectivity index (χ0v) is 20.4. The number of rotatable bonds is 8. The fraction of sp³-hybridized carbons (Fsp3) is 0.556. The van der Waals surface area contributed by atoms with E-state index in [1.165, 1.54) is 0 Å². The lowest BCUT2D eigenvalue weighted by Gasteiger charge is -2.22. The highest BCUT2D eigenvalue weighted by atomic mass is 16.3. The normalized spacial score (nSPS) is 14.6. The molecule has 0 radical (unpaired) electrons. The van der Waals surface area contributed by atoms with Crippen LogP contribution in [0.25, 0.3) is 5.69 Å². The van der Waals surface area contributed by atoms with Crippen molar-refractivity contribution in [3.8, 4) is 17.5 Å². The van der Waals surface area contributed by atoms with Crippen molar-refractivity contribution in [2.24, 2.45) is 0 Å². The van der Waals surface area contributed by atoms with Gasteiger partial charge in [-0.3, -0.25) is 9.69 Å². The van der Waals surface area contributed by atoms with Crippen LogP contribution in [-0.2, 0) is 12.8 Å². The van der Waals surface area contributed by atoms with Crippen LogP contribution >= 0.6 is 0 Å². The average molecular weight is 451 g/mol. The predicted octanol–water partition coefficient (Wildman–Crippen LogP) is 3.68. The molecule has 3 rings (SSSR count). The zero-order chi connectivity index (χ0) is 23.6. The smallest absolute Gasteiger partial charge is 0.257 e. The molecule has 2 aromatic rings. The fourth-order valence-electron chi connectivity index (χ4n) is 4.38. The number of aromatic nitrogens is 2. The Morgan fingerprint density at radius 1 is 1.12 bits per heavy atom. The molecule has 1 N–H and O–H groups in total. The van der Waals surface area contributed by atoms with Gasteiger partial charge in [0.2, 0.25) is 0 Å². The summed E-state index contributed by atoms with van der Waals surface area (Å²) in [6.45, 7) is 10.3. The van der Waals surface area contributed by atoms with Gasteiger partial charge in [-0.05, 0) is 50.4 Å². The van der Waals surface area contributed by atoms with Crippen molar-refractivity contribution in [2.75, 3.05) is 39.3 Å². The van der Waals surface area contributed by atoms with Crippen molar-refractivity contribution >= 4 is 5.91 Å². The Kier molecular flexibility index (Phi) is 9.53. The van der Waals surface area contributed by atoms with E-state index in [4.69, 9.17) is 5.10 Å². The van der Waals surface area contributed by atoms with Gasteiger partial charge in [0.15, 0.2) is 0 Å². The fourth-order valence-corrected chi connectivity index (χ4v) is 4.38. The number of aliphatic hydroxyl groups is 1. The Morgan fingerprint density at radius 2 is 1.97 bits per heavy atom. The Hall–Kier alpha value is -2.62. The third kappa shape index (κ3) is 6.25. The number of unbranched alkanes of at least 4 members (excludes halogenated alkanes) is 2. The molecule has 1 aliphatic heterocycles. The summed E-state index contributed by atoms with van der Waals surface area (Å²) in [6.07, 6.45) is 5.53. The minimum atomic E-state index is 0.0799. The summed E-state index contributed by atoms with van der Waals surface area (Å²) in [5.41, 5.74) is 4.50. The van der Waals surface area contributed by atoms with Gasteiger partial charge in [-0.25, -0.2) is 4.68 Å². The molecule has 6 nitrogen and oxygen atoms in total. The van der Waals surface area contributed by atoms with E-state index in [0.717, 1.165) is 79.9 Å². The average Bonchev–Trinajstić information content (AvgIpc) is 3.06. The molecule has 1 saturated heterocycles. The molecule has 0 saturated carbocycles. The molecule has 33 heavy (non-hydrogen) atoms. The standard InChI is InChI=1S/C27H38N4O2/c1-4-7-8-9-12-22-13-10-14-23(21-22)31-25(6-3)26(24(5-2)28-31)27(33)30-16-11-15-29(17-18-30)19-20-32/h10,13-14,21,32H,4-8,11,15-20H2,1-3H3. The van der Waals surface area contributed by atoms with E-state index in [1.807, 2.05) is 27.8 Å². The van der Waals surface area contributed by atoms with Gasteiger partial charge >= 0.3 is 0 Å². The topological polar surface area (TPSA) is 61.6 Å². The number of carbonyl (C=O) groups is 1. The summed E-state index contributed by atoms with van der Waals surface area (Å²) in [4.78, 5) is 17.9. The molecular weight excluding hydrogens is 412 g/mol. The van der Waals surface area contributed by atoms with Gasteiger partial charge in [0.1, 0.15) is 0 Å². The molecule has 6 heteroatoms. The molecule has 0 atom stereocenters. The summed E-state index contributed by atoms with van der Waals surface area (Å²) < 4.78 is 1.94. The predicted molar refractivity (Wildman–Crippen MR) is 133 cm³/mol. The molecule has 1 amide bonds. The third-order valence-electron chi connectivity index (χ3n) is 6.21. The third-order valence-corrected chi connectivity index (χ3v) is 6.21. The largest absolute Gasteiger partial charge is 0.395 e. The van der Waals surface area contributed by atoms with E-state index >= 15 is 0 Å². The first-order valence-electron chi connectivity index (χ1n) is 12.4. The van der Waals surface area contributed by atoms with Crippen LogP contribution in [-0.4, -0.2) is 69.9 Å². The maximum atomic E-state index is 13.7. The first-order valence-corrected chi connectivity index (χ1v) is 12.4. The number of nitrogens with zero attached hydrogens (tertiary/aromatic N) is 4. The van der Waals surface area contributed by atoms with E-state index in [9.17, 15) is 9.90 Å². The summed E-state index contributed by atoms with van der Waals surface area (Å²) in [5, 5.41) is 14.1. The summed E-state index contributed by atoms with van der Waals surface area (Å²) >= 11 is 0. The van der Waals surface area contributed by atoms with E-state index < -0.39 is 0 Å². The Bertz CT molecular complexity index is 986. The molecular formula is C27H38N4O2. The quantitative estimate of drug-likeness (QED) is 0.492. The van der Waals surface area contributed by atoms with Gasteiger partial charge in [0, 0.05) is 38.2 Å². The molecule has 0 bridgehead atoms. The van der Waals surface area contributed by atoms with Crippen molar-refractivity contribution in [2.45, 2.75) is 59.3 Å². The van der Waals surface area contributed by atoms with E-state index in [-0.39, 0.29) is 12.5 Å². The molecule has 1 aliphatic rings. The second kappa shape index (κ2) is 12.6. The number of carbonyl (C=O) groups excluding carboxylic acids is 1. The highest BCUT2D eigenvalue weighted by molar-refractivity contribution is 5.96. The second-order valence-corrected chi connectivity index (χ2v) is 8.55. The van der Waals surface area contributed by atoms with Crippen LogP contribution in [0.15, 0.2) is 24.3 Å². The number of benzene rings is 1. The molecule has 2 heterocycles. The highest BCUT2D eigenvalue weighted by Gasteiger charge is 2.28. The first-order chi connectivity index (χ1) is 16.1. The molecule has 0 unspecified atom stereocenters. The van der Waals surface area contributed by atoms with Crippen LogP contribution < -0.4 is 0 Å². The minimum Gasteiger partial charge on any atom is -0.395 e. The van der Waals surface area contributed by atoms with Gasteiger partial charge in [0.25, 0.3) is 5.91 Å². The lowest BCUT2D eigenvalue weighted by Crippen LogP contribution is -2.36. The van der Waals surface area contributed by atoms with Gasteiger partial charge in [-0.2, -0.15) is 5.10 Å². The van der Waals surface area contributed by atoms with Crippen LogP contribution in [0.4, 0.5) is 0 Å². The van der Waals surface area contributed by atoms with Gasteiger partial charge < -0.3 is 10.0 Å². The van der Waals surface area contributed by atoms with Crippen molar-refractivity contribution < 1.29 is 9.90 Å². The van der Waals surface area contributed by atoms with Crippen LogP contribution in [0, 0.1) is 11.8 Å².